The lowest BCUT2D eigenvalue weighted by Gasteiger charge is -2.23. The van der Waals surface area contributed by atoms with E-state index in [1.165, 1.54) is 16.8 Å². The molecule has 2 aromatic heterocycles. The molecule has 8 nitrogen and oxygen atoms in total. The van der Waals surface area contributed by atoms with E-state index in [1.54, 1.807) is 0 Å². The van der Waals surface area contributed by atoms with Crippen molar-refractivity contribution in [2.75, 3.05) is 13.1 Å². The molecule has 0 spiro atoms. The summed E-state index contributed by atoms with van der Waals surface area (Å²) in [7, 11) is 0. The molecule has 1 unspecified atom stereocenters. The molecule has 1 saturated carbocycles. The van der Waals surface area contributed by atoms with Gasteiger partial charge in [-0.1, -0.05) is 5.16 Å². The molecule has 150 valence electrons. The van der Waals surface area contributed by atoms with E-state index in [0.717, 1.165) is 32.9 Å². The molecule has 3 N–H and O–H groups in total. The first-order valence-corrected chi connectivity index (χ1v) is 8.93. The summed E-state index contributed by atoms with van der Waals surface area (Å²) >= 11 is 0. The SMILES string of the molecule is CC1(C(F)(F)F)CC1=N/C(=N\O)c1cnn2c(C3CCNCC3)cc(=O)[nH]c12. The molecule has 0 radical (unpaired) electrons. The maximum atomic E-state index is 13.1. The van der Waals surface area contributed by atoms with E-state index in [1.807, 2.05) is 0 Å². The van der Waals surface area contributed by atoms with Gasteiger partial charge in [0.15, 0.2) is 0 Å². The fraction of sp³-hybridized carbons (Fsp3) is 0.529. The Morgan fingerprint density at radius 3 is 2.71 bits per heavy atom. The number of piperidine rings is 1. The molecule has 0 amide bonds. The molecule has 0 aromatic carbocycles. The fourth-order valence-electron chi connectivity index (χ4n) is 3.57. The number of rotatable bonds is 2. The number of aliphatic imine (C=N–C) groups is 1. The number of halogens is 3. The Bertz CT molecular complexity index is 1030. The monoisotopic (exact) mass is 396 g/mol. The first-order valence-electron chi connectivity index (χ1n) is 8.93. The number of hydrogen-bond acceptors (Lipinski definition) is 5. The standard InChI is InChI=1S/C17H19F3N6O2/c1-16(17(18,19)20)7-12(16)23-14(25-28)10-8-22-26-11(6-13(27)24-15(10)26)9-2-4-21-5-3-9/h6,8-9,21,28H,2-5,7H2,1H3,(H,24,27)/b23-12?,25-14-. The van der Waals surface area contributed by atoms with Gasteiger partial charge in [-0.2, -0.15) is 18.3 Å². The summed E-state index contributed by atoms with van der Waals surface area (Å²) in [5, 5.41) is 19.9. The summed E-state index contributed by atoms with van der Waals surface area (Å²) < 4.78 is 40.8. The van der Waals surface area contributed by atoms with Crippen molar-refractivity contribution in [3.63, 3.8) is 0 Å². The van der Waals surface area contributed by atoms with Crippen LogP contribution in [0.15, 0.2) is 27.2 Å². The molecule has 4 rings (SSSR count). The lowest BCUT2D eigenvalue weighted by Crippen LogP contribution is -2.28. The van der Waals surface area contributed by atoms with Crippen LogP contribution in [0.5, 0.6) is 0 Å². The quantitative estimate of drug-likeness (QED) is 0.313. The zero-order valence-corrected chi connectivity index (χ0v) is 15.0. The number of nitrogens with one attached hydrogen (secondary N) is 2. The topological polar surface area (TPSA) is 107 Å². The minimum absolute atomic E-state index is 0.121. The Morgan fingerprint density at radius 1 is 1.39 bits per heavy atom. The molecule has 1 aliphatic carbocycles. The first-order chi connectivity index (χ1) is 13.2. The number of alkyl halides is 3. The molecule has 1 aliphatic heterocycles. The highest BCUT2D eigenvalue weighted by atomic mass is 19.4. The molecule has 3 heterocycles. The Labute approximate surface area is 157 Å². The largest absolute Gasteiger partial charge is 0.409 e. The van der Waals surface area contributed by atoms with Crippen molar-refractivity contribution in [2.45, 2.75) is 38.3 Å². The second-order valence-electron chi connectivity index (χ2n) is 7.39. The predicted octanol–water partition coefficient (Wildman–Crippen LogP) is 2.04. The molecule has 0 bridgehead atoms. The number of aromatic amines is 1. The predicted molar refractivity (Wildman–Crippen MR) is 95.2 cm³/mol. The van der Waals surface area contributed by atoms with Crippen LogP contribution in [-0.4, -0.2) is 50.6 Å². The Balaban J connectivity index is 1.75. The lowest BCUT2D eigenvalue weighted by atomic mass is 9.94. The zero-order chi connectivity index (χ0) is 20.1. The van der Waals surface area contributed by atoms with E-state index in [9.17, 15) is 23.2 Å². The number of aromatic nitrogens is 3. The highest BCUT2D eigenvalue weighted by molar-refractivity contribution is 6.16. The van der Waals surface area contributed by atoms with Crippen LogP contribution < -0.4 is 10.9 Å². The highest BCUT2D eigenvalue weighted by Gasteiger charge is 2.65. The molecular weight excluding hydrogens is 377 g/mol. The van der Waals surface area contributed by atoms with Crippen molar-refractivity contribution in [1.29, 1.82) is 0 Å². The van der Waals surface area contributed by atoms with Crippen LogP contribution in [0, 0.1) is 5.41 Å². The summed E-state index contributed by atoms with van der Waals surface area (Å²) in [6, 6.07) is 1.48. The number of H-pyrrole nitrogens is 1. The van der Waals surface area contributed by atoms with Crippen molar-refractivity contribution in [1.82, 2.24) is 19.9 Å². The molecule has 28 heavy (non-hydrogen) atoms. The third-order valence-corrected chi connectivity index (χ3v) is 5.53. The molecule has 11 heteroatoms. The van der Waals surface area contributed by atoms with Gasteiger partial charge in [0.25, 0.3) is 5.56 Å². The van der Waals surface area contributed by atoms with Crippen molar-refractivity contribution in [3.05, 3.63) is 33.9 Å². The van der Waals surface area contributed by atoms with Crippen molar-refractivity contribution in [3.8, 4) is 0 Å². The van der Waals surface area contributed by atoms with Crippen LogP contribution in [0.2, 0.25) is 0 Å². The fourth-order valence-corrected chi connectivity index (χ4v) is 3.57. The third-order valence-electron chi connectivity index (χ3n) is 5.53. The molecule has 2 aliphatic rings. The smallest absolute Gasteiger partial charge is 0.399 e. The van der Waals surface area contributed by atoms with Crippen LogP contribution in [-0.2, 0) is 0 Å². The Morgan fingerprint density at radius 2 is 2.11 bits per heavy atom. The summed E-state index contributed by atoms with van der Waals surface area (Å²) in [5.41, 5.74) is -1.38. The minimum Gasteiger partial charge on any atom is -0.409 e. The highest BCUT2D eigenvalue weighted by Crippen LogP contribution is 2.54. The average molecular weight is 396 g/mol. The van der Waals surface area contributed by atoms with E-state index in [4.69, 9.17) is 0 Å². The Hall–Kier alpha value is -2.69. The second-order valence-corrected chi connectivity index (χ2v) is 7.39. The second kappa shape index (κ2) is 6.43. The Kier molecular flexibility index (Phi) is 4.29. The number of hydrogen-bond donors (Lipinski definition) is 3. The minimum atomic E-state index is -4.43. The lowest BCUT2D eigenvalue weighted by molar-refractivity contribution is -0.172. The van der Waals surface area contributed by atoms with E-state index >= 15 is 0 Å². The van der Waals surface area contributed by atoms with E-state index in [-0.39, 0.29) is 40.7 Å². The van der Waals surface area contributed by atoms with Crippen LogP contribution in [0.1, 0.15) is 43.4 Å². The number of fused-ring (bicyclic) bond motifs is 1. The van der Waals surface area contributed by atoms with Crippen molar-refractivity contribution >= 4 is 17.2 Å². The summed E-state index contributed by atoms with van der Waals surface area (Å²) in [6.45, 7) is 2.69. The van der Waals surface area contributed by atoms with Gasteiger partial charge in [-0.25, -0.2) is 9.51 Å². The normalized spacial score (nSPS) is 25.6. The van der Waals surface area contributed by atoms with E-state index < -0.39 is 11.6 Å². The van der Waals surface area contributed by atoms with Gasteiger partial charge in [-0.05, 0) is 32.9 Å². The van der Waals surface area contributed by atoms with Gasteiger partial charge in [0.1, 0.15) is 11.1 Å². The number of nitrogens with zero attached hydrogens (tertiary/aromatic N) is 4. The van der Waals surface area contributed by atoms with Gasteiger partial charge in [-0.3, -0.25) is 4.79 Å². The van der Waals surface area contributed by atoms with Gasteiger partial charge < -0.3 is 15.5 Å². The molecule has 1 saturated heterocycles. The first kappa shape index (κ1) is 18.7. The number of amidine groups is 1. The van der Waals surface area contributed by atoms with Gasteiger partial charge in [-0.15, -0.1) is 0 Å². The van der Waals surface area contributed by atoms with Crippen molar-refractivity contribution < 1.29 is 18.4 Å². The van der Waals surface area contributed by atoms with Gasteiger partial charge in [0.05, 0.1) is 17.5 Å². The molecule has 1 atom stereocenters. The van der Waals surface area contributed by atoms with Gasteiger partial charge >= 0.3 is 6.18 Å². The maximum Gasteiger partial charge on any atom is 0.399 e. The van der Waals surface area contributed by atoms with E-state index in [2.05, 4.69) is 25.5 Å². The van der Waals surface area contributed by atoms with Gasteiger partial charge in [0, 0.05) is 24.1 Å². The number of oxime groups is 1. The van der Waals surface area contributed by atoms with Crippen LogP contribution in [0.4, 0.5) is 13.2 Å². The van der Waals surface area contributed by atoms with Gasteiger partial charge in [0.2, 0.25) is 5.84 Å². The van der Waals surface area contributed by atoms with Crippen molar-refractivity contribution in [2.24, 2.45) is 15.6 Å². The summed E-state index contributed by atoms with van der Waals surface area (Å²) in [5.74, 6) is -0.187. The zero-order valence-electron chi connectivity index (χ0n) is 15.0. The molecular formula is C17H19F3N6O2. The summed E-state index contributed by atoms with van der Waals surface area (Å²) in [6.07, 6.45) is -1.68. The maximum absolute atomic E-state index is 13.1. The average Bonchev–Trinajstić information content (AvgIpc) is 3.15. The van der Waals surface area contributed by atoms with Crippen LogP contribution in [0.3, 0.4) is 0 Å². The molecule has 2 aromatic rings. The van der Waals surface area contributed by atoms with Crippen LogP contribution in [0.25, 0.3) is 5.65 Å². The third kappa shape index (κ3) is 2.99. The summed E-state index contributed by atoms with van der Waals surface area (Å²) in [4.78, 5) is 18.7. The van der Waals surface area contributed by atoms with Crippen LogP contribution >= 0.6 is 0 Å². The molecule has 2 fully saturated rings. The van der Waals surface area contributed by atoms with E-state index in [0.29, 0.717) is 5.69 Å².